The van der Waals surface area contributed by atoms with Crippen LogP contribution in [0.4, 0.5) is 0 Å². The zero-order chi connectivity index (χ0) is 19.2. The monoisotopic (exact) mass is 381 g/mol. The number of ether oxygens (including phenoxy) is 2. The Labute approximate surface area is 162 Å². The zero-order valence-electron chi connectivity index (χ0n) is 14.8. The normalized spacial score (nSPS) is 10.4. The molecule has 27 heavy (non-hydrogen) atoms. The molecule has 3 rings (SSSR count). The molecule has 0 spiro atoms. The van der Waals surface area contributed by atoms with Gasteiger partial charge in [0.25, 0.3) is 0 Å². The van der Waals surface area contributed by atoms with Gasteiger partial charge >= 0.3 is 0 Å². The van der Waals surface area contributed by atoms with Crippen LogP contribution in [-0.4, -0.2) is 5.97 Å². The number of hydrogen-bond donors (Lipinski definition) is 0. The third-order valence-corrected chi connectivity index (χ3v) is 4.48. The van der Waals surface area contributed by atoms with Gasteiger partial charge in [-0.3, -0.25) is 0 Å². The van der Waals surface area contributed by atoms with Crippen LogP contribution in [0, 0.1) is 6.92 Å². The summed E-state index contributed by atoms with van der Waals surface area (Å²) in [5.74, 6) is 0.0118. The Morgan fingerprint density at radius 3 is 2.15 bits per heavy atom. The summed E-state index contributed by atoms with van der Waals surface area (Å²) < 4.78 is 11.5. The molecule has 0 aliphatic heterocycles. The number of aryl methyl sites for hydroxylation is 1. The number of carboxylic acid groups (broad SMARTS) is 1. The largest absolute Gasteiger partial charge is 0.545 e. The van der Waals surface area contributed by atoms with Crippen LogP contribution in [0.1, 0.15) is 27.0 Å². The van der Waals surface area contributed by atoms with Crippen molar-refractivity contribution in [2.45, 2.75) is 20.1 Å². The molecule has 138 valence electrons. The summed E-state index contributed by atoms with van der Waals surface area (Å²) in [5, 5.41) is 12.0. The van der Waals surface area contributed by atoms with E-state index in [1.54, 1.807) is 37.3 Å². The molecule has 0 aromatic heterocycles. The molecule has 4 nitrogen and oxygen atoms in total. The van der Waals surface area contributed by atoms with Gasteiger partial charge in [0, 0.05) is 22.2 Å². The van der Waals surface area contributed by atoms with E-state index in [9.17, 15) is 9.90 Å². The Morgan fingerprint density at radius 1 is 0.889 bits per heavy atom. The Hall–Kier alpha value is -2.98. The highest BCUT2D eigenvalue weighted by atomic mass is 35.5. The molecule has 0 aliphatic rings. The second kappa shape index (κ2) is 8.60. The lowest BCUT2D eigenvalue weighted by atomic mass is 10.0. The number of aromatic carboxylic acids is 1. The zero-order valence-corrected chi connectivity index (χ0v) is 15.5. The predicted molar refractivity (Wildman–Crippen MR) is 102 cm³/mol. The summed E-state index contributed by atoms with van der Waals surface area (Å²) in [4.78, 5) is 11.4. The summed E-state index contributed by atoms with van der Waals surface area (Å²) in [7, 11) is 0. The van der Waals surface area contributed by atoms with Gasteiger partial charge in [-0.25, -0.2) is 0 Å². The van der Waals surface area contributed by atoms with Crippen LogP contribution in [-0.2, 0) is 13.2 Å². The minimum Gasteiger partial charge on any atom is -0.545 e. The van der Waals surface area contributed by atoms with Gasteiger partial charge in [0.2, 0.25) is 0 Å². The Balaban J connectivity index is 1.67. The maximum atomic E-state index is 11.4. The van der Waals surface area contributed by atoms with E-state index in [0.717, 1.165) is 5.56 Å². The summed E-state index contributed by atoms with van der Waals surface area (Å²) >= 11 is 6.13. The van der Waals surface area contributed by atoms with Crippen LogP contribution in [0.25, 0.3) is 0 Å². The van der Waals surface area contributed by atoms with Gasteiger partial charge < -0.3 is 19.4 Å². The first-order chi connectivity index (χ1) is 13.0. The van der Waals surface area contributed by atoms with Crippen molar-refractivity contribution in [1.29, 1.82) is 0 Å². The second-order valence-corrected chi connectivity index (χ2v) is 6.45. The smallest absolute Gasteiger partial charge is 0.123 e. The van der Waals surface area contributed by atoms with E-state index in [2.05, 4.69) is 0 Å². The number of carboxylic acids is 1. The van der Waals surface area contributed by atoms with Crippen LogP contribution in [0.5, 0.6) is 11.5 Å². The van der Waals surface area contributed by atoms with Crippen molar-refractivity contribution in [3.63, 3.8) is 0 Å². The molecule has 0 radical (unpaired) electrons. The lowest BCUT2D eigenvalue weighted by Gasteiger charge is -2.15. The molecule has 3 aromatic carbocycles. The lowest BCUT2D eigenvalue weighted by Crippen LogP contribution is -2.25. The third-order valence-electron chi connectivity index (χ3n) is 4.12. The molecule has 0 bridgehead atoms. The summed E-state index contributed by atoms with van der Waals surface area (Å²) in [6.45, 7) is 2.20. The van der Waals surface area contributed by atoms with E-state index in [-0.39, 0.29) is 12.2 Å². The fraction of sp³-hybridized carbons (Fsp3) is 0.136. The Morgan fingerprint density at radius 2 is 1.48 bits per heavy atom. The van der Waals surface area contributed by atoms with Crippen molar-refractivity contribution in [1.82, 2.24) is 0 Å². The SMILES string of the molecule is Cc1cccc(COc2cccc(OCc3ccccc3Cl)c2)c1C(=O)[O-]. The molecule has 0 fully saturated rings. The van der Waals surface area contributed by atoms with E-state index in [1.165, 1.54) is 0 Å². The number of rotatable bonds is 7. The topological polar surface area (TPSA) is 58.6 Å². The maximum absolute atomic E-state index is 11.4. The average molecular weight is 382 g/mol. The van der Waals surface area contributed by atoms with Gasteiger partial charge in [-0.2, -0.15) is 0 Å². The van der Waals surface area contributed by atoms with Crippen molar-refractivity contribution < 1.29 is 19.4 Å². The van der Waals surface area contributed by atoms with Crippen molar-refractivity contribution in [2.75, 3.05) is 0 Å². The van der Waals surface area contributed by atoms with Crippen molar-refractivity contribution >= 4 is 17.6 Å². The summed E-state index contributed by atoms with van der Waals surface area (Å²) in [6, 6.07) is 19.9. The van der Waals surface area contributed by atoms with Crippen molar-refractivity contribution in [3.8, 4) is 11.5 Å². The molecular formula is C22H18ClO4-. The van der Waals surface area contributed by atoms with Gasteiger partial charge in [-0.05, 0) is 36.2 Å². The van der Waals surface area contributed by atoms with E-state index in [1.807, 2.05) is 36.4 Å². The molecule has 0 saturated carbocycles. The first-order valence-corrected chi connectivity index (χ1v) is 8.81. The highest BCUT2D eigenvalue weighted by Gasteiger charge is 2.08. The number of halogens is 1. The number of benzene rings is 3. The molecule has 0 saturated heterocycles. The fourth-order valence-corrected chi connectivity index (χ4v) is 2.92. The van der Waals surface area contributed by atoms with Crippen LogP contribution in [0.3, 0.4) is 0 Å². The van der Waals surface area contributed by atoms with E-state index in [0.29, 0.717) is 34.3 Å². The van der Waals surface area contributed by atoms with E-state index >= 15 is 0 Å². The Bertz CT molecular complexity index is 953. The quantitative estimate of drug-likeness (QED) is 0.616. The molecule has 0 amide bonds. The number of carbonyl (C=O) groups is 1. The summed E-state index contributed by atoms with van der Waals surface area (Å²) in [5.41, 5.74) is 2.28. The van der Waals surface area contributed by atoms with Crippen LogP contribution in [0.15, 0.2) is 66.7 Å². The maximum Gasteiger partial charge on any atom is 0.123 e. The standard InChI is InChI=1S/C22H19ClO4/c1-15-6-4-8-17(21(15)22(24)25)14-27-19-10-5-9-18(12-19)26-13-16-7-2-3-11-20(16)23/h2-12H,13-14H2,1H3,(H,24,25)/p-1. The number of carbonyl (C=O) groups excluding carboxylic acids is 1. The Kier molecular flexibility index (Phi) is 5.99. The molecule has 0 N–H and O–H groups in total. The van der Waals surface area contributed by atoms with E-state index in [4.69, 9.17) is 21.1 Å². The molecule has 0 unspecified atom stereocenters. The van der Waals surface area contributed by atoms with Crippen molar-refractivity contribution in [3.05, 3.63) is 94.0 Å². The minimum atomic E-state index is -1.21. The van der Waals surface area contributed by atoms with Crippen LogP contribution < -0.4 is 14.6 Å². The van der Waals surface area contributed by atoms with Gasteiger partial charge in [0.05, 0.1) is 5.97 Å². The van der Waals surface area contributed by atoms with Gasteiger partial charge in [-0.1, -0.05) is 54.1 Å². The summed E-state index contributed by atoms with van der Waals surface area (Å²) in [6.07, 6.45) is 0. The lowest BCUT2D eigenvalue weighted by molar-refractivity contribution is -0.255. The van der Waals surface area contributed by atoms with Crippen molar-refractivity contribution in [2.24, 2.45) is 0 Å². The third kappa shape index (κ3) is 4.80. The first kappa shape index (κ1) is 18.8. The van der Waals surface area contributed by atoms with Crippen LogP contribution >= 0.6 is 11.6 Å². The molecule has 3 aromatic rings. The highest BCUT2D eigenvalue weighted by molar-refractivity contribution is 6.31. The van der Waals surface area contributed by atoms with E-state index < -0.39 is 5.97 Å². The molecule has 0 heterocycles. The molecule has 0 atom stereocenters. The minimum absolute atomic E-state index is 0.124. The number of hydrogen-bond acceptors (Lipinski definition) is 4. The predicted octanol–water partition coefficient (Wildman–Crippen LogP) is 4.17. The van der Waals surface area contributed by atoms with Gasteiger partial charge in [0.1, 0.15) is 24.7 Å². The molecular weight excluding hydrogens is 364 g/mol. The first-order valence-electron chi connectivity index (χ1n) is 8.43. The molecule has 0 aliphatic carbocycles. The van der Waals surface area contributed by atoms with Crippen LogP contribution in [0.2, 0.25) is 5.02 Å². The van der Waals surface area contributed by atoms with Gasteiger partial charge in [-0.15, -0.1) is 0 Å². The molecule has 5 heteroatoms. The highest BCUT2D eigenvalue weighted by Crippen LogP contribution is 2.24. The fourth-order valence-electron chi connectivity index (χ4n) is 2.73. The second-order valence-electron chi connectivity index (χ2n) is 6.04. The average Bonchev–Trinajstić information content (AvgIpc) is 2.66. The van der Waals surface area contributed by atoms with Gasteiger partial charge in [0.15, 0.2) is 0 Å².